The van der Waals surface area contributed by atoms with Crippen molar-refractivity contribution in [2.75, 3.05) is 0 Å². The van der Waals surface area contributed by atoms with Gasteiger partial charge in [0.25, 0.3) is 0 Å². The van der Waals surface area contributed by atoms with Gasteiger partial charge in [-0.15, -0.1) is 0 Å². The highest BCUT2D eigenvalue weighted by molar-refractivity contribution is 5.90. The molecule has 3 aromatic rings. The minimum atomic E-state index is 1.28. The van der Waals surface area contributed by atoms with Crippen molar-refractivity contribution < 1.29 is 0 Å². The van der Waals surface area contributed by atoms with E-state index in [9.17, 15) is 0 Å². The van der Waals surface area contributed by atoms with Gasteiger partial charge in [0.05, 0.1) is 0 Å². The first-order chi connectivity index (χ1) is 9.13. The molecule has 0 aromatic heterocycles. The maximum absolute atomic E-state index is 2.30. The van der Waals surface area contributed by atoms with Crippen LogP contribution in [-0.2, 0) is 0 Å². The van der Waals surface area contributed by atoms with Gasteiger partial charge < -0.3 is 0 Å². The fourth-order valence-electron chi connectivity index (χ4n) is 2.66. The zero-order chi connectivity index (χ0) is 13.4. The topological polar surface area (TPSA) is 0 Å². The molecular weight excluding hydrogens is 228 g/mol. The molecule has 0 N–H and O–H groups in total. The molecule has 0 spiro atoms. The molecule has 0 aliphatic heterocycles. The average molecular weight is 246 g/mol. The average Bonchev–Trinajstić information content (AvgIpc) is 2.39. The van der Waals surface area contributed by atoms with Gasteiger partial charge in [-0.1, -0.05) is 59.7 Å². The second kappa shape index (κ2) is 4.55. The summed E-state index contributed by atoms with van der Waals surface area (Å²) in [7, 11) is 0. The van der Waals surface area contributed by atoms with Crippen molar-refractivity contribution in [3.63, 3.8) is 0 Å². The molecular formula is C19H18. The van der Waals surface area contributed by atoms with E-state index < -0.39 is 0 Å². The van der Waals surface area contributed by atoms with Crippen LogP contribution in [0.2, 0.25) is 0 Å². The largest absolute Gasteiger partial charge is 0.0587 e. The molecule has 0 nitrogen and oxygen atoms in total. The quantitative estimate of drug-likeness (QED) is 0.537. The maximum atomic E-state index is 2.30. The first-order valence-corrected chi connectivity index (χ1v) is 6.71. The molecule has 0 fully saturated rings. The Labute approximate surface area is 114 Å². The molecule has 0 radical (unpaired) electrons. The highest BCUT2D eigenvalue weighted by Crippen LogP contribution is 2.27. The van der Waals surface area contributed by atoms with Gasteiger partial charge in [0, 0.05) is 0 Å². The van der Waals surface area contributed by atoms with Crippen LogP contribution >= 0.6 is 0 Å². The van der Waals surface area contributed by atoms with Crippen molar-refractivity contribution in [1.82, 2.24) is 0 Å². The van der Waals surface area contributed by atoms with E-state index in [1.807, 2.05) is 0 Å². The number of aryl methyl sites for hydroxylation is 3. The Morgan fingerprint density at radius 2 is 1.26 bits per heavy atom. The molecule has 0 aliphatic carbocycles. The van der Waals surface area contributed by atoms with Crippen molar-refractivity contribution >= 4 is 10.8 Å². The third kappa shape index (κ3) is 2.26. The summed E-state index contributed by atoms with van der Waals surface area (Å²) in [4.78, 5) is 0. The number of hydrogen-bond acceptors (Lipinski definition) is 0. The molecule has 0 heteroatoms. The monoisotopic (exact) mass is 246 g/mol. The van der Waals surface area contributed by atoms with Crippen molar-refractivity contribution in [2.24, 2.45) is 0 Å². The van der Waals surface area contributed by atoms with Crippen LogP contribution in [0.15, 0.2) is 54.6 Å². The zero-order valence-electron chi connectivity index (χ0n) is 11.7. The molecule has 3 rings (SSSR count). The van der Waals surface area contributed by atoms with Gasteiger partial charge in [-0.05, 0) is 54.3 Å². The summed E-state index contributed by atoms with van der Waals surface area (Å²) in [5, 5.41) is 2.68. The molecule has 3 aromatic carbocycles. The Kier molecular flexibility index (Phi) is 2.87. The molecule has 0 unspecified atom stereocenters. The molecule has 0 aliphatic rings. The van der Waals surface area contributed by atoms with Crippen LogP contribution in [-0.4, -0.2) is 0 Å². The molecule has 0 amide bonds. The fourth-order valence-corrected chi connectivity index (χ4v) is 2.66. The highest BCUT2D eigenvalue weighted by atomic mass is 14.1. The van der Waals surface area contributed by atoms with E-state index in [0.717, 1.165) is 0 Å². The Morgan fingerprint density at radius 1 is 0.579 bits per heavy atom. The predicted octanol–water partition coefficient (Wildman–Crippen LogP) is 5.43. The SMILES string of the molecule is Cc1ccc(-c2ccc3cc(C)cc(C)c3c2)cc1. The number of fused-ring (bicyclic) bond motifs is 1. The van der Waals surface area contributed by atoms with Crippen LogP contribution in [0.1, 0.15) is 16.7 Å². The summed E-state index contributed by atoms with van der Waals surface area (Å²) in [6.07, 6.45) is 0. The second-order valence-corrected chi connectivity index (χ2v) is 5.38. The summed E-state index contributed by atoms with van der Waals surface area (Å²) in [5.41, 5.74) is 6.56. The zero-order valence-corrected chi connectivity index (χ0v) is 11.7. The van der Waals surface area contributed by atoms with Crippen molar-refractivity contribution in [3.8, 4) is 11.1 Å². The van der Waals surface area contributed by atoms with E-state index in [2.05, 4.69) is 75.4 Å². The fraction of sp³-hybridized carbons (Fsp3) is 0.158. The van der Waals surface area contributed by atoms with Crippen LogP contribution < -0.4 is 0 Å². The molecule has 0 atom stereocenters. The van der Waals surface area contributed by atoms with Gasteiger partial charge in [0.1, 0.15) is 0 Å². The lowest BCUT2D eigenvalue weighted by atomic mass is 9.97. The molecule has 0 heterocycles. The Bertz CT molecular complexity index is 734. The maximum Gasteiger partial charge on any atom is -0.0148 e. The van der Waals surface area contributed by atoms with Crippen LogP contribution in [0, 0.1) is 20.8 Å². The third-order valence-electron chi connectivity index (χ3n) is 3.69. The van der Waals surface area contributed by atoms with Crippen molar-refractivity contribution in [3.05, 3.63) is 71.3 Å². The van der Waals surface area contributed by atoms with E-state index in [4.69, 9.17) is 0 Å². The number of rotatable bonds is 1. The predicted molar refractivity (Wildman–Crippen MR) is 83.6 cm³/mol. The first-order valence-electron chi connectivity index (χ1n) is 6.71. The molecule has 19 heavy (non-hydrogen) atoms. The van der Waals surface area contributed by atoms with Crippen molar-refractivity contribution in [2.45, 2.75) is 20.8 Å². The molecule has 0 saturated heterocycles. The van der Waals surface area contributed by atoms with Crippen molar-refractivity contribution in [1.29, 1.82) is 0 Å². The molecule has 0 bridgehead atoms. The Hall–Kier alpha value is -2.08. The van der Waals surface area contributed by atoms with Gasteiger partial charge in [0.2, 0.25) is 0 Å². The van der Waals surface area contributed by atoms with Crippen LogP contribution in [0.5, 0.6) is 0 Å². The van der Waals surface area contributed by atoms with Gasteiger partial charge in [0.15, 0.2) is 0 Å². The summed E-state index contributed by atoms with van der Waals surface area (Å²) in [6, 6.07) is 20.0. The van der Waals surface area contributed by atoms with E-state index in [1.165, 1.54) is 38.6 Å². The second-order valence-electron chi connectivity index (χ2n) is 5.38. The lowest BCUT2D eigenvalue weighted by Crippen LogP contribution is -1.84. The van der Waals surface area contributed by atoms with Crippen LogP contribution in [0.25, 0.3) is 21.9 Å². The molecule has 94 valence electrons. The Balaban J connectivity index is 2.19. The Morgan fingerprint density at radius 3 is 2.00 bits per heavy atom. The van der Waals surface area contributed by atoms with E-state index in [1.54, 1.807) is 0 Å². The van der Waals surface area contributed by atoms with Crippen LogP contribution in [0.3, 0.4) is 0 Å². The van der Waals surface area contributed by atoms with E-state index in [-0.39, 0.29) is 0 Å². The van der Waals surface area contributed by atoms with E-state index >= 15 is 0 Å². The lowest BCUT2D eigenvalue weighted by molar-refractivity contribution is 1.43. The van der Waals surface area contributed by atoms with Gasteiger partial charge in [-0.3, -0.25) is 0 Å². The first kappa shape index (κ1) is 12.0. The summed E-state index contributed by atoms with van der Waals surface area (Å²) < 4.78 is 0. The lowest BCUT2D eigenvalue weighted by Gasteiger charge is -2.08. The summed E-state index contributed by atoms with van der Waals surface area (Å²) >= 11 is 0. The standard InChI is InChI=1S/C19H18/c1-13-4-6-16(7-5-13)17-8-9-18-11-14(2)10-15(3)19(18)12-17/h4-12H,1-3H3. The summed E-state index contributed by atoms with van der Waals surface area (Å²) in [5.74, 6) is 0. The van der Waals surface area contributed by atoms with E-state index in [0.29, 0.717) is 0 Å². The van der Waals surface area contributed by atoms with Gasteiger partial charge >= 0.3 is 0 Å². The van der Waals surface area contributed by atoms with Gasteiger partial charge in [-0.25, -0.2) is 0 Å². The normalized spacial score (nSPS) is 10.9. The number of benzene rings is 3. The van der Waals surface area contributed by atoms with Crippen LogP contribution in [0.4, 0.5) is 0 Å². The molecule has 0 saturated carbocycles. The summed E-state index contributed by atoms with van der Waals surface area (Å²) in [6.45, 7) is 6.46. The smallest absolute Gasteiger partial charge is 0.0148 e. The number of hydrogen-bond donors (Lipinski definition) is 0. The van der Waals surface area contributed by atoms with Gasteiger partial charge in [-0.2, -0.15) is 0 Å². The minimum absolute atomic E-state index is 1.28. The third-order valence-corrected chi connectivity index (χ3v) is 3.69. The minimum Gasteiger partial charge on any atom is -0.0587 e. The highest BCUT2D eigenvalue weighted by Gasteiger charge is 2.02.